The van der Waals surface area contributed by atoms with Gasteiger partial charge in [0, 0.05) is 17.2 Å². The van der Waals surface area contributed by atoms with Gasteiger partial charge in [0.2, 0.25) is 0 Å². The van der Waals surface area contributed by atoms with Gasteiger partial charge < -0.3 is 10.5 Å². The zero-order valence-corrected chi connectivity index (χ0v) is 12.0. The summed E-state index contributed by atoms with van der Waals surface area (Å²) in [6.45, 7) is 1.57. The third-order valence-corrected chi connectivity index (χ3v) is 5.87. The van der Waals surface area contributed by atoms with Gasteiger partial charge in [-0.15, -0.1) is 0 Å². The van der Waals surface area contributed by atoms with Gasteiger partial charge in [0.1, 0.15) is 5.75 Å². The van der Waals surface area contributed by atoms with E-state index in [1.807, 2.05) is 0 Å². The molecule has 102 valence electrons. The van der Waals surface area contributed by atoms with Crippen molar-refractivity contribution in [1.82, 2.24) is 0 Å². The van der Waals surface area contributed by atoms with Gasteiger partial charge in [-0.3, -0.25) is 4.21 Å². The summed E-state index contributed by atoms with van der Waals surface area (Å²) in [6, 6.07) is 4.84. The average molecular weight is 291 g/mol. The van der Waals surface area contributed by atoms with Gasteiger partial charge in [-0.2, -0.15) is 0 Å². The molecule has 2 N–H and O–H groups in total. The molecule has 5 nitrogen and oxygen atoms in total. The zero-order valence-electron chi connectivity index (χ0n) is 10.4. The molecule has 0 aromatic heterocycles. The molecule has 1 atom stereocenters. The Morgan fingerprint density at radius 3 is 2.61 bits per heavy atom. The van der Waals surface area contributed by atoms with Crippen molar-refractivity contribution in [3.8, 4) is 5.75 Å². The molecule has 7 heteroatoms. The maximum absolute atomic E-state index is 12.0. The third-order valence-electron chi connectivity index (χ3n) is 2.49. The van der Waals surface area contributed by atoms with E-state index in [1.165, 1.54) is 7.11 Å². The molecule has 0 bridgehead atoms. The lowest BCUT2D eigenvalue weighted by Crippen LogP contribution is -2.15. The maximum atomic E-state index is 12.0. The molecule has 0 spiro atoms. The standard InChI is InChI=1S/C11H17NO4S2/c1-3-18(14,15)7-6-17(13)11-8-9(16-2)4-5-10(11)12/h4-5,8H,3,6-7,12H2,1-2H3. The van der Waals surface area contributed by atoms with Crippen molar-refractivity contribution in [3.05, 3.63) is 18.2 Å². The lowest BCUT2D eigenvalue weighted by atomic mass is 10.3. The molecule has 1 aromatic rings. The van der Waals surface area contributed by atoms with Crippen molar-refractivity contribution in [1.29, 1.82) is 0 Å². The van der Waals surface area contributed by atoms with Gasteiger partial charge in [-0.05, 0) is 18.2 Å². The van der Waals surface area contributed by atoms with Crippen molar-refractivity contribution >= 4 is 26.3 Å². The summed E-state index contributed by atoms with van der Waals surface area (Å²) in [5.41, 5.74) is 6.10. The molecule has 18 heavy (non-hydrogen) atoms. The molecule has 0 saturated heterocycles. The molecule has 1 rings (SSSR count). The highest BCUT2D eigenvalue weighted by molar-refractivity contribution is 7.93. The number of nitrogens with two attached hydrogens (primary N) is 1. The van der Waals surface area contributed by atoms with E-state index in [9.17, 15) is 12.6 Å². The van der Waals surface area contributed by atoms with E-state index in [0.717, 1.165) is 0 Å². The van der Waals surface area contributed by atoms with Crippen molar-refractivity contribution in [2.24, 2.45) is 0 Å². The molecule has 1 unspecified atom stereocenters. The van der Waals surface area contributed by atoms with Crippen molar-refractivity contribution in [2.45, 2.75) is 11.8 Å². The third kappa shape index (κ3) is 3.99. The van der Waals surface area contributed by atoms with Crippen LogP contribution in [0.1, 0.15) is 6.92 Å². The van der Waals surface area contributed by atoms with Crippen molar-refractivity contribution < 1.29 is 17.4 Å². The Bertz CT molecular complexity index is 540. The summed E-state index contributed by atoms with van der Waals surface area (Å²) in [4.78, 5) is 0.417. The smallest absolute Gasteiger partial charge is 0.150 e. The fourth-order valence-corrected chi connectivity index (χ4v) is 4.00. The number of ether oxygens (including phenoxy) is 1. The second-order valence-electron chi connectivity index (χ2n) is 3.69. The molecule has 1 aromatic carbocycles. The molecule has 0 aliphatic rings. The number of methoxy groups -OCH3 is 1. The molecular weight excluding hydrogens is 274 g/mol. The van der Waals surface area contributed by atoms with Crippen LogP contribution < -0.4 is 10.5 Å². The minimum absolute atomic E-state index is 0.0491. The molecule has 0 aliphatic heterocycles. The summed E-state index contributed by atoms with van der Waals surface area (Å²) >= 11 is 0. The summed E-state index contributed by atoms with van der Waals surface area (Å²) in [5, 5.41) is 0. The van der Waals surface area contributed by atoms with Crippen LogP contribution >= 0.6 is 0 Å². The fraction of sp³-hybridized carbons (Fsp3) is 0.455. The highest BCUT2D eigenvalue weighted by atomic mass is 32.2. The first-order valence-corrected chi connectivity index (χ1v) is 8.56. The zero-order chi connectivity index (χ0) is 13.8. The Kier molecular flexibility index (Phi) is 5.15. The molecule has 0 amide bonds. The predicted molar refractivity (Wildman–Crippen MR) is 73.0 cm³/mol. The topological polar surface area (TPSA) is 86.5 Å². The second-order valence-corrected chi connectivity index (χ2v) is 7.70. The van der Waals surface area contributed by atoms with E-state index in [1.54, 1.807) is 25.1 Å². The average Bonchev–Trinajstić information content (AvgIpc) is 2.36. The Morgan fingerprint density at radius 2 is 2.06 bits per heavy atom. The Morgan fingerprint density at radius 1 is 1.39 bits per heavy atom. The largest absolute Gasteiger partial charge is 0.497 e. The Labute approximate surface area is 110 Å². The van der Waals surface area contributed by atoms with E-state index >= 15 is 0 Å². The lowest BCUT2D eigenvalue weighted by Gasteiger charge is -2.08. The first-order chi connectivity index (χ1) is 8.39. The lowest BCUT2D eigenvalue weighted by molar-refractivity contribution is 0.413. The van der Waals surface area contributed by atoms with Crippen LogP contribution in [0.25, 0.3) is 0 Å². The van der Waals surface area contributed by atoms with Gasteiger partial charge >= 0.3 is 0 Å². The number of benzene rings is 1. The van der Waals surface area contributed by atoms with E-state index < -0.39 is 20.6 Å². The van der Waals surface area contributed by atoms with Crippen LogP contribution in [0.5, 0.6) is 5.75 Å². The SMILES string of the molecule is CCS(=O)(=O)CCS(=O)c1cc(OC)ccc1N. The first kappa shape index (κ1) is 15.0. The monoisotopic (exact) mass is 291 g/mol. The van der Waals surface area contributed by atoms with Gasteiger partial charge in [0.15, 0.2) is 9.84 Å². The quantitative estimate of drug-likeness (QED) is 0.784. The number of hydrogen-bond donors (Lipinski definition) is 1. The van der Waals surface area contributed by atoms with E-state index in [4.69, 9.17) is 10.5 Å². The fourth-order valence-electron chi connectivity index (χ4n) is 1.30. The van der Waals surface area contributed by atoms with E-state index in [0.29, 0.717) is 16.3 Å². The number of hydrogen-bond acceptors (Lipinski definition) is 5. The van der Waals surface area contributed by atoms with Crippen LogP contribution in [0.3, 0.4) is 0 Å². The van der Waals surface area contributed by atoms with Crippen LogP contribution in [0.15, 0.2) is 23.1 Å². The van der Waals surface area contributed by atoms with Crippen LogP contribution in [-0.2, 0) is 20.6 Å². The molecular formula is C11H17NO4S2. The van der Waals surface area contributed by atoms with E-state index in [2.05, 4.69) is 0 Å². The molecule has 0 heterocycles. The summed E-state index contributed by atoms with van der Waals surface area (Å²) in [7, 11) is -3.06. The van der Waals surface area contributed by atoms with Crippen LogP contribution in [0.2, 0.25) is 0 Å². The van der Waals surface area contributed by atoms with Crippen molar-refractivity contribution in [2.75, 3.05) is 30.1 Å². The van der Waals surface area contributed by atoms with Gasteiger partial charge in [-0.25, -0.2) is 8.42 Å². The van der Waals surface area contributed by atoms with E-state index in [-0.39, 0.29) is 17.3 Å². The summed E-state index contributed by atoms with van der Waals surface area (Å²) in [6.07, 6.45) is 0. The molecule has 0 fully saturated rings. The number of nitrogen functional groups attached to an aromatic ring is 1. The van der Waals surface area contributed by atoms with Gasteiger partial charge in [-0.1, -0.05) is 6.92 Å². The number of sulfone groups is 1. The summed E-state index contributed by atoms with van der Waals surface area (Å²) < 4.78 is 39.7. The first-order valence-electron chi connectivity index (χ1n) is 5.42. The Balaban J connectivity index is 2.84. The number of anilines is 1. The van der Waals surface area contributed by atoms with Crippen LogP contribution in [-0.4, -0.2) is 37.0 Å². The minimum atomic E-state index is -3.12. The normalized spacial score (nSPS) is 13.2. The molecule has 0 aliphatic carbocycles. The van der Waals surface area contributed by atoms with Crippen LogP contribution in [0.4, 0.5) is 5.69 Å². The Hall–Kier alpha value is -1.08. The minimum Gasteiger partial charge on any atom is -0.497 e. The summed E-state index contributed by atoms with van der Waals surface area (Å²) in [5.74, 6) is 0.545. The van der Waals surface area contributed by atoms with Gasteiger partial charge in [0.25, 0.3) is 0 Å². The maximum Gasteiger partial charge on any atom is 0.150 e. The number of rotatable bonds is 6. The highest BCUT2D eigenvalue weighted by Crippen LogP contribution is 2.22. The molecule has 0 saturated carbocycles. The predicted octanol–water partition coefficient (Wildman–Crippen LogP) is 0.820. The molecule has 0 radical (unpaired) electrons. The van der Waals surface area contributed by atoms with Crippen molar-refractivity contribution in [3.63, 3.8) is 0 Å². The van der Waals surface area contributed by atoms with Gasteiger partial charge in [0.05, 0.1) is 28.6 Å². The second kappa shape index (κ2) is 6.19. The van der Waals surface area contributed by atoms with Crippen LogP contribution in [0, 0.1) is 0 Å². The highest BCUT2D eigenvalue weighted by Gasteiger charge is 2.14.